The largest absolute Gasteiger partial charge is 0.493 e. The molecule has 5 rings (SSSR count). The fourth-order valence-electron chi connectivity index (χ4n) is 6.18. The number of hydrogen-bond donors (Lipinski definition) is 1. The van der Waals surface area contributed by atoms with Crippen molar-refractivity contribution < 1.29 is 14.2 Å². The van der Waals surface area contributed by atoms with Crippen LogP contribution in [-0.4, -0.2) is 39.6 Å². The number of rotatable bonds is 18. The molecule has 0 bridgehead atoms. The normalized spacial score (nSPS) is 12.4. The van der Waals surface area contributed by atoms with Gasteiger partial charge in [0.15, 0.2) is 11.5 Å². The molecule has 1 atom stereocenters. The molecular weight excluding hydrogens is 608 g/mol. The van der Waals surface area contributed by atoms with Crippen molar-refractivity contribution in [3.8, 4) is 17.2 Å². The smallest absolute Gasteiger partial charge is 0.177 e. The van der Waals surface area contributed by atoms with E-state index in [1.165, 1.54) is 54.4 Å². The molecule has 49 heavy (non-hydrogen) atoms. The average molecular weight is 665 g/mol. The van der Waals surface area contributed by atoms with Gasteiger partial charge in [0.25, 0.3) is 0 Å². The predicted octanol–water partition coefficient (Wildman–Crippen LogP) is 10.1. The van der Waals surface area contributed by atoms with Gasteiger partial charge in [-0.3, -0.25) is 5.10 Å². The van der Waals surface area contributed by atoms with Crippen molar-refractivity contribution in [2.45, 2.75) is 111 Å². The lowest BCUT2D eigenvalue weighted by Crippen LogP contribution is -2.13. The third-order valence-electron chi connectivity index (χ3n) is 9.12. The van der Waals surface area contributed by atoms with Gasteiger partial charge in [-0.1, -0.05) is 114 Å². The van der Waals surface area contributed by atoms with Crippen molar-refractivity contribution in [3.63, 3.8) is 0 Å². The van der Waals surface area contributed by atoms with Crippen LogP contribution in [-0.2, 0) is 18.3 Å². The monoisotopic (exact) mass is 664 g/mol. The molecule has 0 amide bonds. The summed E-state index contributed by atoms with van der Waals surface area (Å²) < 4.78 is 20.7. The van der Waals surface area contributed by atoms with Gasteiger partial charge in [-0.15, -0.1) is 10.2 Å². The average Bonchev–Trinajstić information content (AvgIpc) is 3.67. The molecule has 0 fully saturated rings. The predicted molar refractivity (Wildman–Crippen MR) is 200 cm³/mol. The lowest BCUT2D eigenvalue weighted by atomic mass is 9.93. The minimum Gasteiger partial charge on any atom is -0.493 e. The number of nitrogens with one attached hydrogen (secondary N) is 1. The molecule has 7 nitrogen and oxygen atoms in total. The maximum Gasteiger partial charge on any atom is 0.177 e. The summed E-state index contributed by atoms with van der Waals surface area (Å²) in [6.07, 6.45) is 8.98. The molecule has 0 spiro atoms. The van der Waals surface area contributed by atoms with Gasteiger partial charge in [-0.2, -0.15) is 0 Å². The first-order valence-corrected chi connectivity index (χ1v) is 18.2. The van der Waals surface area contributed by atoms with Crippen molar-refractivity contribution in [2.24, 2.45) is 0 Å². The quantitative estimate of drug-likeness (QED) is 0.0944. The number of unbranched alkanes of at least 4 members (excludes halogenated alkanes) is 5. The van der Waals surface area contributed by atoms with Crippen molar-refractivity contribution in [3.05, 3.63) is 106 Å². The Balaban J connectivity index is 1.31. The zero-order valence-electron chi connectivity index (χ0n) is 30.8. The van der Waals surface area contributed by atoms with E-state index >= 15 is 0 Å². The van der Waals surface area contributed by atoms with Gasteiger partial charge < -0.3 is 14.2 Å². The van der Waals surface area contributed by atoms with Crippen LogP contribution in [0, 0.1) is 13.8 Å². The fourth-order valence-corrected chi connectivity index (χ4v) is 6.18. The van der Waals surface area contributed by atoms with Crippen LogP contribution in [0.25, 0.3) is 5.65 Å². The van der Waals surface area contributed by atoms with Crippen molar-refractivity contribution >= 4 is 5.65 Å². The SMILES string of the molecule is CCCCCCCCOc1ccc(Cc2cc(C)ccc2OCCOc2ccc(C)cc2)cc1CC(C)c1nnc2cc(C(C)(C)C)[nH]n12. The van der Waals surface area contributed by atoms with Gasteiger partial charge in [0.05, 0.1) is 6.61 Å². The van der Waals surface area contributed by atoms with Crippen LogP contribution in [0.4, 0.5) is 0 Å². The highest BCUT2D eigenvalue weighted by atomic mass is 16.5. The number of H-pyrrole nitrogens is 1. The molecule has 262 valence electrons. The summed E-state index contributed by atoms with van der Waals surface area (Å²) >= 11 is 0. The zero-order valence-corrected chi connectivity index (χ0v) is 30.8. The minimum atomic E-state index is -0.000430. The Hall–Kier alpha value is -4.26. The molecule has 2 heterocycles. The first-order valence-electron chi connectivity index (χ1n) is 18.2. The van der Waals surface area contributed by atoms with Crippen LogP contribution in [0.3, 0.4) is 0 Å². The number of fused-ring (bicyclic) bond motifs is 1. The molecule has 0 saturated heterocycles. The molecule has 1 N–H and O–H groups in total. The molecule has 0 aliphatic rings. The van der Waals surface area contributed by atoms with E-state index in [2.05, 4.69) is 118 Å². The molecular formula is C42H56N4O3. The van der Waals surface area contributed by atoms with E-state index in [4.69, 9.17) is 14.2 Å². The van der Waals surface area contributed by atoms with Crippen LogP contribution < -0.4 is 14.2 Å². The summed E-state index contributed by atoms with van der Waals surface area (Å²) in [5.74, 6) is 3.76. The highest BCUT2D eigenvalue weighted by molar-refractivity contribution is 5.45. The van der Waals surface area contributed by atoms with E-state index in [-0.39, 0.29) is 11.3 Å². The first kappa shape index (κ1) is 36.0. The molecule has 5 aromatic rings. The van der Waals surface area contributed by atoms with E-state index in [9.17, 15) is 0 Å². The van der Waals surface area contributed by atoms with Crippen molar-refractivity contribution in [1.29, 1.82) is 0 Å². The standard InChI is InChI=1S/C42H56N4O3/c1-8-9-10-11-12-13-22-48-38-21-17-33(28-35(38)26-32(4)41-44-43-40-29-39(42(5,6)7)45-46(40)41)27-34-25-31(3)16-20-37(34)49-24-23-47-36-18-14-30(2)15-19-36/h14-21,25,28-29,32,45H,8-13,22-24,26-27H2,1-7H3. The third kappa shape index (κ3) is 10.1. The summed E-state index contributed by atoms with van der Waals surface area (Å²) in [4.78, 5) is 0. The maximum atomic E-state index is 6.47. The van der Waals surface area contributed by atoms with E-state index in [1.54, 1.807) is 0 Å². The number of aryl methyl sites for hydroxylation is 2. The Morgan fingerprint density at radius 1 is 0.714 bits per heavy atom. The molecule has 3 aromatic carbocycles. The zero-order chi connectivity index (χ0) is 34.8. The van der Waals surface area contributed by atoms with Crippen LogP contribution >= 0.6 is 0 Å². The van der Waals surface area contributed by atoms with E-state index in [0.717, 1.165) is 65.8 Å². The number of aromatic nitrogens is 4. The van der Waals surface area contributed by atoms with Gasteiger partial charge in [0, 0.05) is 29.5 Å². The number of hydrogen-bond acceptors (Lipinski definition) is 5. The summed E-state index contributed by atoms with van der Waals surface area (Å²) in [7, 11) is 0. The molecule has 0 saturated carbocycles. The van der Waals surface area contributed by atoms with Crippen LogP contribution in [0.2, 0.25) is 0 Å². The van der Waals surface area contributed by atoms with Crippen LogP contribution in [0.5, 0.6) is 17.2 Å². The van der Waals surface area contributed by atoms with E-state index in [0.29, 0.717) is 13.2 Å². The summed E-state index contributed by atoms with van der Waals surface area (Å²) in [5.41, 5.74) is 8.01. The molecule has 1 unspecified atom stereocenters. The second kappa shape index (κ2) is 16.9. The van der Waals surface area contributed by atoms with Gasteiger partial charge in [0.1, 0.15) is 30.5 Å². The van der Waals surface area contributed by atoms with Crippen LogP contribution in [0.15, 0.2) is 66.7 Å². The third-order valence-corrected chi connectivity index (χ3v) is 9.12. The number of ether oxygens (including phenoxy) is 3. The maximum absolute atomic E-state index is 6.47. The second-order valence-corrected chi connectivity index (χ2v) is 14.6. The Bertz CT molecular complexity index is 1760. The minimum absolute atomic E-state index is 0.000430. The lowest BCUT2D eigenvalue weighted by Gasteiger charge is -2.18. The Kier molecular flexibility index (Phi) is 12.4. The molecule has 0 aliphatic carbocycles. The number of benzene rings is 3. The highest BCUT2D eigenvalue weighted by Gasteiger charge is 2.22. The van der Waals surface area contributed by atoms with E-state index < -0.39 is 0 Å². The first-order chi connectivity index (χ1) is 23.6. The van der Waals surface area contributed by atoms with Gasteiger partial charge in [0.2, 0.25) is 0 Å². The number of aromatic amines is 1. The number of nitrogens with zero attached hydrogens (tertiary/aromatic N) is 3. The van der Waals surface area contributed by atoms with Gasteiger partial charge in [-0.25, -0.2) is 4.52 Å². The molecule has 0 radical (unpaired) electrons. The van der Waals surface area contributed by atoms with Gasteiger partial charge >= 0.3 is 0 Å². The molecule has 2 aromatic heterocycles. The summed E-state index contributed by atoms with van der Waals surface area (Å²) in [6.45, 7) is 17.0. The Labute approximate surface area is 293 Å². The Morgan fingerprint density at radius 3 is 2.16 bits per heavy atom. The van der Waals surface area contributed by atoms with E-state index in [1.807, 2.05) is 16.6 Å². The Morgan fingerprint density at radius 2 is 1.39 bits per heavy atom. The molecule has 7 heteroatoms. The van der Waals surface area contributed by atoms with Crippen LogP contribution in [0.1, 0.15) is 118 Å². The second-order valence-electron chi connectivity index (χ2n) is 14.6. The lowest BCUT2D eigenvalue weighted by molar-refractivity contribution is 0.216. The molecule has 0 aliphatic heterocycles. The summed E-state index contributed by atoms with van der Waals surface area (Å²) in [5, 5.41) is 12.7. The van der Waals surface area contributed by atoms with Gasteiger partial charge in [-0.05, 0) is 67.6 Å². The topological polar surface area (TPSA) is 73.7 Å². The fraction of sp³-hybridized carbons (Fsp3) is 0.476. The highest BCUT2D eigenvalue weighted by Crippen LogP contribution is 2.31. The van der Waals surface area contributed by atoms with Crippen molar-refractivity contribution in [1.82, 2.24) is 19.8 Å². The van der Waals surface area contributed by atoms with Crippen molar-refractivity contribution in [2.75, 3.05) is 19.8 Å². The summed E-state index contributed by atoms with van der Waals surface area (Å²) in [6, 6.07) is 23.3.